The van der Waals surface area contributed by atoms with Crippen LogP contribution in [0.5, 0.6) is 5.75 Å². The molecule has 1 aliphatic carbocycles. The highest BCUT2D eigenvalue weighted by atomic mass is 16.6. The molecule has 5 nitrogen and oxygen atoms in total. The molecule has 3 aliphatic heterocycles. The van der Waals surface area contributed by atoms with Crippen LogP contribution >= 0.6 is 0 Å². The van der Waals surface area contributed by atoms with Gasteiger partial charge in [0.2, 0.25) is 0 Å². The van der Waals surface area contributed by atoms with Crippen molar-refractivity contribution in [2.45, 2.75) is 58.6 Å². The number of hydrogen-bond acceptors (Lipinski definition) is 4. The van der Waals surface area contributed by atoms with Crippen molar-refractivity contribution in [2.24, 2.45) is 11.3 Å². The zero-order valence-electron chi connectivity index (χ0n) is 20.1. The van der Waals surface area contributed by atoms with Crippen molar-refractivity contribution in [1.29, 1.82) is 0 Å². The fraction of sp³-hybridized carbons (Fsp3) is 0.536. The van der Waals surface area contributed by atoms with Gasteiger partial charge in [-0.25, -0.2) is 4.79 Å². The van der Waals surface area contributed by atoms with Gasteiger partial charge in [0.25, 0.3) is 0 Å². The van der Waals surface area contributed by atoms with E-state index in [1.54, 1.807) is 0 Å². The zero-order valence-corrected chi connectivity index (χ0v) is 20.1. The molecular formula is C28H36N2O3. The Kier molecular flexibility index (Phi) is 6.09. The maximum Gasteiger partial charge on any atom is 0.407 e. The summed E-state index contributed by atoms with van der Waals surface area (Å²) in [4.78, 5) is 15.3. The lowest BCUT2D eigenvalue weighted by molar-refractivity contribution is -0.0348. The number of piperidine rings is 3. The molecule has 0 radical (unpaired) electrons. The minimum Gasteiger partial charge on any atom is -0.494 e. The molecule has 2 bridgehead atoms. The third-order valence-electron chi connectivity index (χ3n) is 7.66. The summed E-state index contributed by atoms with van der Waals surface area (Å²) in [6.45, 7) is 10.5. The number of hydrogen-bond donors (Lipinski definition) is 1. The second-order valence-corrected chi connectivity index (χ2v) is 10.6. The van der Waals surface area contributed by atoms with Crippen LogP contribution in [0.25, 0.3) is 11.1 Å². The molecule has 0 saturated carbocycles. The number of nitrogens with one attached hydrogen (secondary N) is 1. The molecule has 3 heterocycles. The number of ether oxygens (including phenoxy) is 2. The van der Waals surface area contributed by atoms with Gasteiger partial charge in [-0.05, 0) is 84.5 Å². The van der Waals surface area contributed by atoms with E-state index in [1.165, 1.54) is 22.3 Å². The maximum atomic E-state index is 12.9. The summed E-state index contributed by atoms with van der Waals surface area (Å²) >= 11 is 0. The van der Waals surface area contributed by atoms with Gasteiger partial charge in [0.15, 0.2) is 0 Å². The summed E-state index contributed by atoms with van der Waals surface area (Å²) in [5, 5.41) is 3.22. The highest BCUT2D eigenvalue weighted by Gasteiger charge is 2.42. The highest BCUT2D eigenvalue weighted by Crippen LogP contribution is 2.46. The SMILES string of the molecule is CCCOc1ccc(-c2ccc3c(c2)CC(C)(C)C3NC(=O)O[C@@H]2CN3CCC2CC3)cc1. The molecule has 5 heteroatoms. The van der Waals surface area contributed by atoms with Crippen LogP contribution in [0, 0.1) is 11.3 Å². The summed E-state index contributed by atoms with van der Waals surface area (Å²) in [5.41, 5.74) is 4.82. The normalized spacial score (nSPS) is 27.1. The van der Waals surface area contributed by atoms with Crippen LogP contribution in [0.4, 0.5) is 4.79 Å². The molecule has 176 valence electrons. The number of nitrogens with zero attached hydrogens (tertiary/aromatic N) is 1. The molecule has 6 rings (SSSR count). The first-order chi connectivity index (χ1) is 15.9. The van der Waals surface area contributed by atoms with Crippen molar-refractivity contribution >= 4 is 6.09 Å². The van der Waals surface area contributed by atoms with Gasteiger partial charge in [0.05, 0.1) is 12.6 Å². The Morgan fingerprint density at radius 1 is 1.09 bits per heavy atom. The van der Waals surface area contributed by atoms with Crippen LogP contribution in [0.1, 0.15) is 57.2 Å². The lowest BCUT2D eigenvalue weighted by Crippen LogP contribution is -2.53. The number of rotatable bonds is 6. The Morgan fingerprint density at radius 3 is 2.48 bits per heavy atom. The van der Waals surface area contributed by atoms with E-state index in [4.69, 9.17) is 9.47 Å². The predicted octanol–water partition coefficient (Wildman–Crippen LogP) is 5.59. The average molecular weight is 449 g/mol. The lowest BCUT2D eigenvalue weighted by Gasteiger charge is -2.44. The second kappa shape index (κ2) is 9.02. The van der Waals surface area contributed by atoms with E-state index in [1.807, 2.05) is 12.1 Å². The van der Waals surface area contributed by atoms with E-state index in [0.29, 0.717) is 5.92 Å². The van der Waals surface area contributed by atoms with Gasteiger partial charge >= 0.3 is 6.09 Å². The number of alkyl carbamates (subject to hydrolysis) is 1. The van der Waals surface area contributed by atoms with Gasteiger partial charge in [0, 0.05) is 6.54 Å². The maximum absolute atomic E-state index is 12.9. The summed E-state index contributed by atoms with van der Waals surface area (Å²) in [6, 6.07) is 14.9. The number of fused-ring (bicyclic) bond motifs is 4. The zero-order chi connectivity index (χ0) is 23.0. The van der Waals surface area contributed by atoms with E-state index >= 15 is 0 Å². The second-order valence-electron chi connectivity index (χ2n) is 10.6. The fourth-order valence-corrected chi connectivity index (χ4v) is 5.80. The third-order valence-corrected chi connectivity index (χ3v) is 7.66. The number of amides is 1. The molecule has 4 aliphatic rings. The Hall–Kier alpha value is -2.53. The summed E-state index contributed by atoms with van der Waals surface area (Å²) < 4.78 is 11.6. The molecule has 3 fully saturated rings. The Bertz CT molecular complexity index is 993. The summed E-state index contributed by atoms with van der Waals surface area (Å²) in [7, 11) is 0. The van der Waals surface area contributed by atoms with Crippen LogP contribution in [0.3, 0.4) is 0 Å². The largest absolute Gasteiger partial charge is 0.494 e. The van der Waals surface area contributed by atoms with Crippen molar-refractivity contribution in [1.82, 2.24) is 10.2 Å². The lowest BCUT2D eigenvalue weighted by atomic mass is 9.85. The number of carbonyl (C=O) groups excluding carboxylic acids is 1. The van der Waals surface area contributed by atoms with Gasteiger partial charge in [-0.3, -0.25) is 4.90 Å². The summed E-state index contributed by atoms with van der Waals surface area (Å²) in [5.74, 6) is 1.43. The topological polar surface area (TPSA) is 50.8 Å². The monoisotopic (exact) mass is 448 g/mol. The van der Waals surface area contributed by atoms with Crippen molar-refractivity contribution in [3.05, 3.63) is 53.6 Å². The van der Waals surface area contributed by atoms with Crippen LogP contribution in [-0.4, -0.2) is 43.3 Å². The molecule has 1 N–H and O–H groups in total. The van der Waals surface area contributed by atoms with Crippen LogP contribution < -0.4 is 10.1 Å². The van der Waals surface area contributed by atoms with Gasteiger partial charge in [-0.2, -0.15) is 0 Å². The Balaban J connectivity index is 1.28. The molecule has 1 unspecified atom stereocenters. The molecule has 0 aromatic heterocycles. The molecule has 2 atom stereocenters. The van der Waals surface area contributed by atoms with E-state index in [2.05, 4.69) is 61.3 Å². The number of benzene rings is 2. The summed E-state index contributed by atoms with van der Waals surface area (Å²) in [6.07, 6.45) is 3.98. The molecule has 1 amide bonds. The fourth-order valence-electron chi connectivity index (χ4n) is 5.80. The van der Waals surface area contributed by atoms with E-state index in [-0.39, 0.29) is 23.7 Å². The van der Waals surface area contributed by atoms with Crippen LogP contribution in [0.15, 0.2) is 42.5 Å². The first kappa shape index (κ1) is 22.3. The van der Waals surface area contributed by atoms with E-state index in [0.717, 1.165) is 57.7 Å². The van der Waals surface area contributed by atoms with Gasteiger partial charge < -0.3 is 14.8 Å². The van der Waals surface area contributed by atoms with E-state index < -0.39 is 0 Å². The van der Waals surface area contributed by atoms with Crippen molar-refractivity contribution in [3.8, 4) is 16.9 Å². The van der Waals surface area contributed by atoms with Gasteiger partial charge in [-0.15, -0.1) is 0 Å². The molecule has 2 aromatic rings. The molecular weight excluding hydrogens is 412 g/mol. The average Bonchev–Trinajstić information content (AvgIpc) is 3.07. The highest BCUT2D eigenvalue weighted by molar-refractivity contribution is 5.70. The van der Waals surface area contributed by atoms with Crippen molar-refractivity contribution < 1.29 is 14.3 Å². The van der Waals surface area contributed by atoms with Gasteiger partial charge in [0.1, 0.15) is 11.9 Å². The van der Waals surface area contributed by atoms with Crippen molar-refractivity contribution in [2.75, 3.05) is 26.2 Å². The van der Waals surface area contributed by atoms with Gasteiger partial charge in [-0.1, -0.05) is 51.1 Å². The van der Waals surface area contributed by atoms with E-state index in [9.17, 15) is 4.79 Å². The third kappa shape index (κ3) is 4.61. The number of carbonyl (C=O) groups is 1. The molecule has 2 aromatic carbocycles. The van der Waals surface area contributed by atoms with Crippen LogP contribution in [0.2, 0.25) is 0 Å². The Labute approximate surface area is 197 Å². The molecule has 3 saturated heterocycles. The van der Waals surface area contributed by atoms with Crippen molar-refractivity contribution in [3.63, 3.8) is 0 Å². The Morgan fingerprint density at radius 2 is 1.82 bits per heavy atom. The standard InChI is InChI=1S/C28H36N2O3/c1-4-15-32-23-8-5-19(6-9-23)21-7-10-24-22(16-21)17-28(2,3)26(24)29-27(31)33-25-18-30-13-11-20(25)12-14-30/h5-10,16,20,25-26H,4,11-15,17-18H2,1-3H3,(H,29,31)/t25-,26?/m1/s1. The minimum atomic E-state index is -0.272. The molecule has 33 heavy (non-hydrogen) atoms. The molecule has 0 spiro atoms. The van der Waals surface area contributed by atoms with Crippen LogP contribution in [-0.2, 0) is 11.2 Å². The first-order valence-corrected chi connectivity index (χ1v) is 12.5. The quantitative estimate of drug-likeness (QED) is 0.626. The predicted molar refractivity (Wildman–Crippen MR) is 130 cm³/mol. The minimum absolute atomic E-state index is 0.0307. The smallest absolute Gasteiger partial charge is 0.407 e. The first-order valence-electron chi connectivity index (χ1n) is 12.5.